The second-order valence-corrected chi connectivity index (χ2v) is 7.39. The molecule has 2 aromatic heterocycles. The third kappa shape index (κ3) is 4.66. The van der Waals surface area contributed by atoms with Crippen molar-refractivity contribution in [3.8, 4) is 11.4 Å². The molecule has 1 amide bonds. The number of hydrogen-bond donors (Lipinski definition) is 3. The Morgan fingerprint density at radius 3 is 2.68 bits per heavy atom. The SMILES string of the molecule is CSNc1ccc(CCNC(=O)c2ccnc3nc(-c4ccc(F)cc4F)[nH]c23)cc1. The minimum atomic E-state index is -0.746. The Morgan fingerprint density at radius 1 is 1.13 bits per heavy atom. The summed E-state index contributed by atoms with van der Waals surface area (Å²) in [5.74, 6) is -1.53. The highest BCUT2D eigenvalue weighted by Gasteiger charge is 2.17. The molecule has 4 aromatic rings. The highest BCUT2D eigenvalue weighted by atomic mass is 32.2. The standard InChI is InChI=1S/C22H19F2N5OS/c1-31-29-15-5-2-13(3-6-15)8-10-26-22(30)17-9-11-25-21-19(17)27-20(28-21)16-7-4-14(23)12-18(16)24/h2-7,9,11-12,29H,8,10H2,1H3,(H,26,30)(H,25,27,28). The molecule has 158 valence electrons. The number of amides is 1. The predicted octanol–water partition coefficient (Wildman–Crippen LogP) is 4.57. The van der Waals surface area contributed by atoms with Crippen LogP contribution in [0.5, 0.6) is 0 Å². The van der Waals surface area contributed by atoms with Crippen molar-refractivity contribution in [3.05, 3.63) is 77.5 Å². The van der Waals surface area contributed by atoms with E-state index >= 15 is 0 Å². The Balaban J connectivity index is 1.48. The molecule has 0 aliphatic carbocycles. The molecule has 0 fully saturated rings. The van der Waals surface area contributed by atoms with E-state index in [-0.39, 0.29) is 22.9 Å². The average molecular weight is 439 g/mol. The van der Waals surface area contributed by atoms with Crippen molar-refractivity contribution in [2.24, 2.45) is 0 Å². The fourth-order valence-electron chi connectivity index (χ4n) is 3.18. The Kier molecular flexibility index (Phi) is 6.13. The fraction of sp³-hybridized carbons (Fsp3) is 0.136. The Bertz CT molecular complexity index is 1230. The normalized spacial score (nSPS) is 10.9. The number of H-pyrrole nitrogens is 1. The van der Waals surface area contributed by atoms with E-state index < -0.39 is 11.6 Å². The topological polar surface area (TPSA) is 82.7 Å². The summed E-state index contributed by atoms with van der Waals surface area (Å²) in [7, 11) is 0. The van der Waals surface area contributed by atoms with Gasteiger partial charge in [-0.1, -0.05) is 24.1 Å². The van der Waals surface area contributed by atoms with Crippen LogP contribution in [0, 0.1) is 11.6 Å². The van der Waals surface area contributed by atoms with Gasteiger partial charge in [0, 0.05) is 30.8 Å². The second kappa shape index (κ2) is 9.13. The Morgan fingerprint density at radius 2 is 1.94 bits per heavy atom. The summed E-state index contributed by atoms with van der Waals surface area (Å²) >= 11 is 1.52. The number of benzene rings is 2. The van der Waals surface area contributed by atoms with E-state index in [1.54, 1.807) is 6.07 Å². The summed E-state index contributed by atoms with van der Waals surface area (Å²) in [6.45, 7) is 0.450. The van der Waals surface area contributed by atoms with Crippen molar-refractivity contribution < 1.29 is 13.6 Å². The van der Waals surface area contributed by atoms with Gasteiger partial charge in [-0.2, -0.15) is 0 Å². The molecule has 2 aromatic carbocycles. The zero-order chi connectivity index (χ0) is 21.8. The maximum atomic E-state index is 14.1. The van der Waals surface area contributed by atoms with Crippen molar-refractivity contribution in [1.82, 2.24) is 20.3 Å². The van der Waals surface area contributed by atoms with Crippen LogP contribution in [0.3, 0.4) is 0 Å². The largest absolute Gasteiger partial charge is 0.352 e. The van der Waals surface area contributed by atoms with E-state index in [4.69, 9.17) is 0 Å². The number of fused-ring (bicyclic) bond motifs is 1. The third-order valence-corrected chi connectivity index (χ3v) is 5.14. The second-order valence-electron chi connectivity index (χ2n) is 6.78. The number of nitrogens with zero attached hydrogens (tertiary/aromatic N) is 2. The van der Waals surface area contributed by atoms with Crippen LogP contribution in [-0.4, -0.2) is 33.7 Å². The van der Waals surface area contributed by atoms with Crippen molar-refractivity contribution in [1.29, 1.82) is 0 Å². The molecule has 0 unspecified atom stereocenters. The van der Waals surface area contributed by atoms with Crippen LogP contribution >= 0.6 is 11.9 Å². The molecule has 31 heavy (non-hydrogen) atoms. The van der Waals surface area contributed by atoms with Gasteiger partial charge in [-0.3, -0.25) is 4.79 Å². The van der Waals surface area contributed by atoms with Gasteiger partial charge in [0.25, 0.3) is 5.91 Å². The lowest BCUT2D eigenvalue weighted by Gasteiger charge is -2.07. The zero-order valence-electron chi connectivity index (χ0n) is 16.6. The van der Waals surface area contributed by atoms with Crippen molar-refractivity contribution in [2.45, 2.75) is 6.42 Å². The first-order chi connectivity index (χ1) is 15.0. The van der Waals surface area contributed by atoms with E-state index in [2.05, 4.69) is 25.0 Å². The van der Waals surface area contributed by atoms with Gasteiger partial charge in [-0.05, 0) is 42.3 Å². The number of nitrogens with one attached hydrogen (secondary N) is 3. The van der Waals surface area contributed by atoms with E-state index in [1.165, 1.54) is 24.2 Å². The summed E-state index contributed by atoms with van der Waals surface area (Å²) in [6.07, 6.45) is 4.10. The van der Waals surface area contributed by atoms with Gasteiger partial charge in [0.15, 0.2) is 5.65 Å². The number of aromatic nitrogens is 3. The number of carbonyl (C=O) groups excluding carboxylic acids is 1. The number of hydrogen-bond acceptors (Lipinski definition) is 5. The molecule has 0 bridgehead atoms. The molecular formula is C22H19F2N5OS. The lowest BCUT2D eigenvalue weighted by Crippen LogP contribution is -2.26. The van der Waals surface area contributed by atoms with Crippen LogP contribution < -0.4 is 10.0 Å². The number of rotatable bonds is 7. The molecule has 2 heterocycles. The smallest absolute Gasteiger partial charge is 0.253 e. The minimum absolute atomic E-state index is 0.102. The number of anilines is 1. The first-order valence-electron chi connectivity index (χ1n) is 9.51. The van der Waals surface area contributed by atoms with E-state index in [0.29, 0.717) is 24.0 Å². The molecule has 0 spiro atoms. The number of aromatic amines is 1. The minimum Gasteiger partial charge on any atom is -0.352 e. The average Bonchev–Trinajstić information content (AvgIpc) is 3.19. The number of imidazole rings is 1. The number of carbonyl (C=O) groups is 1. The lowest BCUT2D eigenvalue weighted by molar-refractivity contribution is 0.0955. The molecule has 0 atom stereocenters. The van der Waals surface area contributed by atoms with Crippen LogP contribution in [0.25, 0.3) is 22.6 Å². The van der Waals surface area contributed by atoms with E-state index in [1.807, 2.05) is 30.5 Å². The summed E-state index contributed by atoms with van der Waals surface area (Å²) < 4.78 is 30.5. The lowest BCUT2D eigenvalue weighted by atomic mass is 10.1. The van der Waals surface area contributed by atoms with Crippen LogP contribution in [0.2, 0.25) is 0 Å². The van der Waals surface area contributed by atoms with Crippen LogP contribution in [0.4, 0.5) is 14.5 Å². The molecule has 0 radical (unpaired) electrons. The fourth-order valence-corrected chi connectivity index (χ4v) is 3.55. The Hall–Kier alpha value is -3.46. The van der Waals surface area contributed by atoms with Crippen molar-refractivity contribution in [3.63, 3.8) is 0 Å². The van der Waals surface area contributed by atoms with Crippen LogP contribution in [0.1, 0.15) is 15.9 Å². The maximum absolute atomic E-state index is 14.1. The number of halogens is 2. The molecule has 0 aliphatic rings. The monoisotopic (exact) mass is 439 g/mol. The van der Waals surface area contributed by atoms with Gasteiger partial charge in [0.05, 0.1) is 16.6 Å². The Labute approximate surface area is 181 Å². The van der Waals surface area contributed by atoms with E-state index in [9.17, 15) is 13.6 Å². The highest BCUT2D eigenvalue weighted by molar-refractivity contribution is 7.99. The zero-order valence-corrected chi connectivity index (χ0v) is 17.4. The first-order valence-corrected chi connectivity index (χ1v) is 10.7. The van der Waals surface area contributed by atoms with Crippen molar-refractivity contribution >= 4 is 34.7 Å². The van der Waals surface area contributed by atoms with Gasteiger partial charge in [-0.15, -0.1) is 0 Å². The first kappa shape index (κ1) is 20.8. The summed E-state index contributed by atoms with van der Waals surface area (Å²) in [5, 5.41) is 2.89. The molecular weight excluding hydrogens is 420 g/mol. The molecule has 4 rings (SSSR count). The van der Waals surface area contributed by atoms with Crippen molar-refractivity contribution in [2.75, 3.05) is 17.5 Å². The van der Waals surface area contributed by atoms with Crippen LogP contribution in [0.15, 0.2) is 54.7 Å². The van der Waals surface area contributed by atoms with Gasteiger partial charge in [0.2, 0.25) is 0 Å². The quantitative estimate of drug-likeness (QED) is 0.368. The molecule has 0 saturated carbocycles. The van der Waals surface area contributed by atoms with Gasteiger partial charge in [0.1, 0.15) is 17.5 Å². The summed E-state index contributed by atoms with van der Waals surface area (Å²) in [6, 6.07) is 12.8. The maximum Gasteiger partial charge on any atom is 0.253 e. The molecule has 3 N–H and O–H groups in total. The third-order valence-electron chi connectivity index (χ3n) is 4.70. The van der Waals surface area contributed by atoms with Gasteiger partial charge >= 0.3 is 0 Å². The van der Waals surface area contributed by atoms with E-state index in [0.717, 1.165) is 23.4 Å². The molecule has 0 aliphatic heterocycles. The van der Waals surface area contributed by atoms with Crippen LogP contribution in [-0.2, 0) is 6.42 Å². The summed E-state index contributed by atoms with van der Waals surface area (Å²) in [5.41, 5.74) is 3.25. The number of pyridine rings is 1. The molecule has 9 heteroatoms. The summed E-state index contributed by atoms with van der Waals surface area (Å²) in [4.78, 5) is 24.1. The predicted molar refractivity (Wildman–Crippen MR) is 119 cm³/mol. The molecule has 6 nitrogen and oxygen atoms in total. The highest BCUT2D eigenvalue weighted by Crippen LogP contribution is 2.24. The van der Waals surface area contributed by atoms with Gasteiger partial charge in [-0.25, -0.2) is 18.7 Å². The van der Waals surface area contributed by atoms with Gasteiger partial charge < -0.3 is 15.0 Å². The molecule has 0 saturated heterocycles.